The standard InChI is InChI=1S/C11H18N4O2S/c1-2-14-5-7-15(8-6-14)11-13-12-9(18-11)3-4-10(16)17/h2-8H2,1H3,(H,16,17). The molecule has 0 aliphatic carbocycles. The Balaban J connectivity index is 1.88. The summed E-state index contributed by atoms with van der Waals surface area (Å²) in [4.78, 5) is 15.1. The van der Waals surface area contributed by atoms with Gasteiger partial charge in [-0.25, -0.2) is 0 Å². The van der Waals surface area contributed by atoms with Crippen LogP contribution in [0.2, 0.25) is 0 Å². The van der Waals surface area contributed by atoms with E-state index in [-0.39, 0.29) is 6.42 Å². The molecule has 1 aliphatic heterocycles. The smallest absolute Gasteiger partial charge is 0.303 e. The number of hydrogen-bond donors (Lipinski definition) is 1. The van der Waals surface area contributed by atoms with Crippen LogP contribution in [0.15, 0.2) is 0 Å². The Morgan fingerprint density at radius 2 is 2.06 bits per heavy atom. The Morgan fingerprint density at radius 3 is 2.67 bits per heavy atom. The maximum Gasteiger partial charge on any atom is 0.303 e. The minimum atomic E-state index is -0.789. The summed E-state index contributed by atoms with van der Waals surface area (Å²) in [6.07, 6.45) is 0.597. The lowest BCUT2D eigenvalue weighted by Gasteiger charge is -2.33. The zero-order chi connectivity index (χ0) is 13.0. The molecule has 1 aliphatic rings. The van der Waals surface area contributed by atoms with Crippen molar-refractivity contribution in [1.29, 1.82) is 0 Å². The van der Waals surface area contributed by atoms with Gasteiger partial charge in [-0.3, -0.25) is 4.79 Å². The normalized spacial score (nSPS) is 17.1. The Kier molecular flexibility index (Phi) is 4.48. The van der Waals surface area contributed by atoms with Crippen molar-refractivity contribution in [2.75, 3.05) is 37.6 Å². The fraction of sp³-hybridized carbons (Fsp3) is 0.727. The minimum Gasteiger partial charge on any atom is -0.481 e. The van der Waals surface area contributed by atoms with Gasteiger partial charge >= 0.3 is 5.97 Å². The molecule has 6 nitrogen and oxygen atoms in total. The number of rotatable bonds is 5. The highest BCUT2D eigenvalue weighted by molar-refractivity contribution is 7.15. The van der Waals surface area contributed by atoms with Crippen molar-refractivity contribution in [3.8, 4) is 0 Å². The topological polar surface area (TPSA) is 69.6 Å². The molecular formula is C11H18N4O2S. The van der Waals surface area contributed by atoms with E-state index in [0.29, 0.717) is 6.42 Å². The molecule has 0 aromatic carbocycles. The first-order chi connectivity index (χ1) is 8.69. The molecule has 0 radical (unpaired) electrons. The predicted molar refractivity (Wildman–Crippen MR) is 70.2 cm³/mol. The van der Waals surface area contributed by atoms with Gasteiger partial charge in [-0.05, 0) is 6.54 Å². The molecule has 1 aromatic heterocycles. The molecular weight excluding hydrogens is 252 g/mol. The molecule has 1 aromatic rings. The number of nitrogens with zero attached hydrogens (tertiary/aromatic N) is 4. The number of carboxylic acids is 1. The van der Waals surface area contributed by atoms with Crippen molar-refractivity contribution in [2.24, 2.45) is 0 Å². The Labute approximate surface area is 110 Å². The van der Waals surface area contributed by atoms with Gasteiger partial charge in [-0.2, -0.15) is 0 Å². The predicted octanol–water partition coefficient (Wildman–Crippen LogP) is 0.697. The molecule has 0 amide bonds. The highest BCUT2D eigenvalue weighted by Gasteiger charge is 2.19. The van der Waals surface area contributed by atoms with E-state index in [1.54, 1.807) is 0 Å². The van der Waals surface area contributed by atoms with E-state index in [1.807, 2.05) is 0 Å². The van der Waals surface area contributed by atoms with Crippen molar-refractivity contribution in [3.05, 3.63) is 5.01 Å². The third-order valence-corrected chi connectivity index (χ3v) is 4.14. The highest BCUT2D eigenvalue weighted by atomic mass is 32.1. The second kappa shape index (κ2) is 6.10. The average molecular weight is 270 g/mol. The van der Waals surface area contributed by atoms with Gasteiger partial charge < -0.3 is 14.9 Å². The summed E-state index contributed by atoms with van der Waals surface area (Å²) in [6, 6.07) is 0. The molecule has 18 heavy (non-hydrogen) atoms. The molecule has 1 N–H and O–H groups in total. The second-order valence-corrected chi connectivity index (χ2v) is 5.33. The lowest BCUT2D eigenvalue weighted by Crippen LogP contribution is -2.46. The molecule has 0 saturated carbocycles. The van der Waals surface area contributed by atoms with Gasteiger partial charge in [-0.1, -0.05) is 18.3 Å². The van der Waals surface area contributed by atoms with Gasteiger partial charge in [0, 0.05) is 32.6 Å². The molecule has 2 rings (SSSR count). The van der Waals surface area contributed by atoms with Gasteiger partial charge in [0.1, 0.15) is 5.01 Å². The van der Waals surface area contributed by atoms with E-state index in [1.165, 1.54) is 11.3 Å². The summed E-state index contributed by atoms with van der Waals surface area (Å²) in [5.74, 6) is -0.789. The lowest BCUT2D eigenvalue weighted by atomic mass is 10.3. The number of carboxylic acid groups (broad SMARTS) is 1. The lowest BCUT2D eigenvalue weighted by molar-refractivity contribution is -0.136. The van der Waals surface area contributed by atoms with E-state index < -0.39 is 5.97 Å². The van der Waals surface area contributed by atoms with Gasteiger partial charge in [0.15, 0.2) is 0 Å². The number of anilines is 1. The van der Waals surface area contributed by atoms with Crippen LogP contribution in [-0.4, -0.2) is 58.9 Å². The summed E-state index contributed by atoms with van der Waals surface area (Å²) in [7, 11) is 0. The van der Waals surface area contributed by atoms with Crippen LogP contribution in [0, 0.1) is 0 Å². The van der Waals surface area contributed by atoms with Crippen LogP contribution < -0.4 is 4.90 Å². The summed E-state index contributed by atoms with van der Waals surface area (Å²) in [5.41, 5.74) is 0. The molecule has 0 atom stereocenters. The summed E-state index contributed by atoms with van der Waals surface area (Å²) in [5, 5.41) is 18.6. The Morgan fingerprint density at radius 1 is 1.33 bits per heavy atom. The van der Waals surface area contributed by atoms with Gasteiger partial charge in [0.05, 0.1) is 6.42 Å². The number of aryl methyl sites for hydroxylation is 1. The summed E-state index contributed by atoms with van der Waals surface area (Å²) in [6.45, 7) is 7.32. The Bertz CT molecular complexity index is 402. The van der Waals surface area contributed by atoms with Crippen LogP contribution in [0.25, 0.3) is 0 Å². The second-order valence-electron chi connectivity index (χ2n) is 4.29. The molecule has 1 fully saturated rings. The van der Waals surface area contributed by atoms with Crippen LogP contribution in [0.1, 0.15) is 18.4 Å². The molecule has 0 bridgehead atoms. The minimum absolute atomic E-state index is 0.123. The van der Waals surface area contributed by atoms with Crippen LogP contribution in [0.4, 0.5) is 5.13 Å². The number of hydrogen-bond acceptors (Lipinski definition) is 6. The largest absolute Gasteiger partial charge is 0.481 e. The first-order valence-corrected chi connectivity index (χ1v) is 7.02. The maximum atomic E-state index is 10.5. The molecule has 1 saturated heterocycles. The molecule has 2 heterocycles. The molecule has 0 unspecified atom stereocenters. The number of piperazine rings is 1. The first kappa shape index (κ1) is 13.2. The number of aliphatic carboxylic acids is 1. The summed E-state index contributed by atoms with van der Waals surface area (Å²) >= 11 is 1.51. The van der Waals surface area contributed by atoms with E-state index >= 15 is 0 Å². The van der Waals surface area contributed by atoms with Crippen LogP contribution in [0.5, 0.6) is 0 Å². The maximum absolute atomic E-state index is 10.5. The fourth-order valence-corrected chi connectivity index (χ4v) is 2.83. The fourth-order valence-electron chi connectivity index (χ4n) is 1.94. The third-order valence-electron chi connectivity index (χ3n) is 3.10. The van der Waals surface area contributed by atoms with Gasteiger partial charge in [0.25, 0.3) is 0 Å². The van der Waals surface area contributed by atoms with E-state index in [2.05, 4.69) is 26.9 Å². The van der Waals surface area contributed by atoms with Crippen molar-refractivity contribution >= 4 is 22.4 Å². The Hall–Kier alpha value is -1.21. The van der Waals surface area contributed by atoms with Gasteiger partial charge in [0.2, 0.25) is 5.13 Å². The van der Waals surface area contributed by atoms with E-state index in [4.69, 9.17) is 5.11 Å². The summed E-state index contributed by atoms with van der Waals surface area (Å²) < 4.78 is 0. The van der Waals surface area contributed by atoms with Crippen LogP contribution in [-0.2, 0) is 11.2 Å². The monoisotopic (exact) mass is 270 g/mol. The number of likely N-dealkylation sites (N-methyl/N-ethyl adjacent to an activating group) is 1. The average Bonchev–Trinajstić information content (AvgIpc) is 2.85. The van der Waals surface area contributed by atoms with E-state index in [9.17, 15) is 4.79 Å². The zero-order valence-corrected chi connectivity index (χ0v) is 11.3. The highest BCUT2D eigenvalue weighted by Crippen LogP contribution is 2.22. The molecule has 7 heteroatoms. The number of carbonyl (C=O) groups is 1. The number of aromatic nitrogens is 2. The van der Waals surface area contributed by atoms with Crippen molar-refractivity contribution in [3.63, 3.8) is 0 Å². The van der Waals surface area contributed by atoms with Crippen molar-refractivity contribution in [1.82, 2.24) is 15.1 Å². The quantitative estimate of drug-likeness (QED) is 0.849. The van der Waals surface area contributed by atoms with Crippen molar-refractivity contribution < 1.29 is 9.90 Å². The third kappa shape index (κ3) is 3.39. The molecule has 100 valence electrons. The first-order valence-electron chi connectivity index (χ1n) is 6.20. The SMILES string of the molecule is CCN1CCN(c2nnc(CCC(=O)O)s2)CC1. The van der Waals surface area contributed by atoms with Crippen molar-refractivity contribution in [2.45, 2.75) is 19.8 Å². The van der Waals surface area contributed by atoms with Crippen LogP contribution in [0.3, 0.4) is 0 Å². The zero-order valence-electron chi connectivity index (χ0n) is 10.5. The van der Waals surface area contributed by atoms with E-state index in [0.717, 1.165) is 42.9 Å². The van der Waals surface area contributed by atoms with Crippen LogP contribution >= 0.6 is 11.3 Å². The van der Waals surface area contributed by atoms with Gasteiger partial charge in [-0.15, -0.1) is 10.2 Å². The molecule has 0 spiro atoms.